The molecule has 0 saturated heterocycles. The largest absolute Gasteiger partial charge is 0.480 e. The van der Waals surface area contributed by atoms with Crippen LogP contribution in [0.25, 0.3) is 0 Å². The first-order valence-electron chi connectivity index (χ1n) is 4.75. The van der Waals surface area contributed by atoms with Crippen molar-refractivity contribution < 1.29 is 15.0 Å². The van der Waals surface area contributed by atoms with Crippen molar-refractivity contribution in [1.29, 1.82) is 0 Å². The molecule has 2 aliphatic rings. The van der Waals surface area contributed by atoms with Gasteiger partial charge in [0.25, 0.3) is 0 Å². The Morgan fingerprint density at radius 3 is 2.77 bits per heavy atom. The Morgan fingerprint density at radius 1 is 1.54 bits per heavy atom. The number of fused-ring (bicyclic) bond motifs is 1. The highest BCUT2D eigenvalue weighted by Crippen LogP contribution is 2.62. The van der Waals surface area contributed by atoms with Gasteiger partial charge < -0.3 is 15.9 Å². The molecule has 2 saturated carbocycles. The molecule has 2 aliphatic carbocycles. The molecule has 2 rings (SSSR count). The smallest absolute Gasteiger partial charge is 0.321 e. The second-order valence-electron chi connectivity index (χ2n) is 4.28. The predicted octanol–water partition coefficient (Wildman–Crippen LogP) is -0.0506. The quantitative estimate of drug-likeness (QED) is 0.563. The van der Waals surface area contributed by atoms with Crippen molar-refractivity contribution in [2.45, 2.75) is 37.8 Å². The molecule has 74 valence electrons. The fourth-order valence-electron chi connectivity index (χ4n) is 2.79. The van der Waals surface area contributed by atoms with E-state index in [-0.39, 0.29) is 0 Å². The van der Waals surface area contributed by atoms with E-state index in [4.69, 9.17) is 10.8 Å². The summed E-state index contributed by atoms with van der Waals surface area (Å²) in [5.74, 6) is -0.634. The first kappa shape index (κ1) is 8.97. The van der Waals surface area contributed by atoms with E-state index in [1.165, 1.54) is 0 Å². The van der Waals surface area contributed by atoms with Gasteiger partial charge in [0.15, 0.2) is 0 Å². The maximum absolute atomic E-state index is 10.7. The van der Waals surface area contributed by atoms with Gasteiger partial charge in [-0.3, -0.25) is 4.79 Å². The maximum atomic E-state index is 10.7. The number of hydrogen-bond donors (Lipinski definition) is 3. The summed E-state index contributed by atoms with van der Waals surface area (Å²) >= 11 is 0. The Labute approximate surface area is 76.7 Å². The van der Waals surface area contributed by atoms with E-state index in [0.29, 0.717) is 12.3 Å². The Kier molecular flexibility index (Phi) is 1.85. The second-order valence-corrected chi connectivity index (χ2v) is 4.28. The Morgan fingerprint density at radius 2 is 2.23 bits per heavy atom. The highest BCUT2D eigenvalue weighted by molar-refractivity contribution is 5.75. The molecular formula is C9H15NO3. The van der Waals surface area contributed by atoms with Gasteiger partial charge in [0.05, 0.1) is 6.10 Å². The van der Waals surface area contributed by atoms with Crippen molar-refractivity contribution in [1.82, 2.24) is 0 Å². The van der Waals surface area contributed by atoms with Crippen molar-refractivity contribution in [2.75, 3.05) is 0 Å². The van der Waals surface area contributed by atoms with Gasteiger partial charge in [-0.05, 0) is 25.2 Å². The number of rotatable bonds is 2. The SMILES string of the molecule is N[C@@H](C(=O)O)C12C[C@@H]1CCC[C@H]2O. The van der Waals surface area contributed by atoms with E-state index < -0.39 is 23.5 Å². The molecule has 4 N–H and O–H groups in total. The topological polar surface area (TPSA) is 83.6 Å². The van der Waals surface area contributed by atoms with E-state index in [1.807, 2.05) is 0 Å². The van der Waals surface area contributed by atoms with Crippen LogP contribution in [0.3, 0.4) is 0 Å². The Balaban J connectivity index is 2.16. The number of nitrogens with two attached hydrogens (primary N) is 1. The Hall–Kier alpha value is -0.610. The fraction of sp³-hybridized carbons (Fsp3) is 0.889. The molecule has 0 radical (unpaired) electrons. The van der Waals surface area contributed by atoms with Crippen LogP contribution in [0.1, 0.15) is 25.7 Å². The number of carboxylic acid groups (broad SMARTS) is 1. The van der Waals surface area contributed by atoms with Crippen molar-refractivity contribution >= 4 is 5.97 Å². The van der Waals surface area contributed by atoms with Gasteiger partial charge in [-0.1, -0.05) is 6.42 Å². The molecule has 0 heterocycles. The number of aliphatic hydroxyl groups excluding tert-OH is 1. The number of carbonyl (C=O) groups is 1. The van der Waals surface area contributed by atoms with Crippen molar-refractivity contribution in [3.8, 4) is 0 Å². The number of hydrogen-bond acceptors (Lipinski definition) is 3. The van der Waals surface area contributed by atoms with Gasteiger partial charge in [-0.15, -0.1) is 0 Å². The lowest BCUT2D eigenvalue weighted by Gasteiger charge is -2.30. The summed E-state index contributed by atoms with van der Waals surface area (Å²) in [6.07, 6.45) is 3.02. The highest BCUT2D eigenvalue weighted by atomic mass is 16.4. The summed E-state index contributed by atoms with van der Waals surface area (Å²) in [5, 5.41) is 18.6. The first-order valence-corrected chi connectivity index (χ1v) is 4.75. The van der Waals surface area contributed by atoms with Gasteiger partial charge in [-0.25, -0.2) is 0 Å². The van der Waals surface area contributed by atoms with Crippen LogP contribution in [0.2, 0.25) is 0 Å². The summed E-state index contributed by atoms with van der Waals surface area (Å²) in [6.45, 7) is 0. The zero-order valence-corrected chi connectivity index (χ0v) is 7.44. The summed E-state index contributed by atoms with van der Waals surface area (Å²) in [7, 11) is 0. The number of carboxylic acids is 1. The lowest BCUT2D eigenvalue weighted by atomic mass is 9.80. The third-order valence-electron chi connectivity index (χ3n) is 3.70. The predicted molar refractivity (Wildman–Crippen MR) is 46.0 cm³/mol. The van der Waals surface area contributed by atoms with Gasteiger partial charge in [-0.2, -0.15) is 0 Å². The van der Waals surface area contributed by atoms with Crippen LogP contribution >= 0.6 is 0 Å². The number of aliphatic hydroxyl groups is 1. The molecule has 0 bridgehead atoms. The van der Waals surface area contributed by atoms with E-state index in [9.17, 15) is 9.90 Å². The van der Waals surface area contributed by atoms with E-state index in [0.717, 1.165) is 19.3 Å². The molecule has 4 nitrogen and oxygen atoms in total. The van der Waals surface area contributed by atoms with Gasteiger partial charge in [0.1, 0.15) is 6.04 Å². The van der Waals surface area contributed by atoms with E-state index in [1.54, 1.807) is 0 Å². The first-order chi connectivity index (χ1) is 6.09. The van der Waals surface area contributed by atoms with Crippen LogP contribution in [0.4, 0.5) is 0 Å². The number of aliphatic carboxylic acids is 1. The summed E-state index contributed by atoms with van der Waals surface area (Å²) in [6, 6.07) is -0.882. The lowest BCUT2D eigenvalue weighted by molar-refractivity contribution is -0.142. The monoisotopic (exact) mass is 185 g/mol. The molecule has 0 aromatic heterocycles. The van der Waals surface area contributed by atoms with Crippen LogP contribution in [0.5, 0.6) is 0 Å². The average Bonchev–Trinajstić information content (AvgIpc) is 2.80. The third kappa shape index (κ3) is 1.09. The molecule has 0 aromatic rings. The molecule has 0 amide bonds. The van der Waals surface area contributed by atoms with Gasteiger partial charge in [0.2, 0.25) is 0 Å². The molecule has 0 spiro atoms. The minimum absolute atomic E-state index is 0.349. The minimum atomic E-state index is -0.983. The highest BCUT2D eigenvalue weighted by Gasteiger charge is 2.65. The summed E-state index contributed by atoms with van der Waals surface area (Å²) in [5.41, 5.74) is 5.12. The molecule has 1 unspecified atom stereocenters. The van der Waals surface area contributed by atoms with Crippen molar-refractivity contribution in [2.24, 2.45) is 17.1 Å². The van der Waals surface area contributed by atoms with Crippen LogP contribution in [0, 0.1) is 11.3 Å². The average molecular weight is 185 g/mol. The van der Waals surface area contributed by atoms with Crippen molar-refractivity contribution in [3.63, 3.8) is 0 Å². The van der Waals surface area contributed by atoms with Gasteiger partial charge >= 0.3 is 5.97 Å². The molecule has 0 aromatic carbocycles. The molecule has 4 atom stereocenters. The van der Waals surface area contributed by atoms with Crippen molar-refractivity contribution in [3.05, 3.63) is 0 Å². The molecule has 4 heteroatoms. The fourth-order valence-corrected chi connectivity index (χ4v) is 2.79. The minimum Gasteiger partial charge on any atom is -0.480 e. The Bertz CT molecular complexity index is 243. The zero-order valence-electron chi connectivity index (χ0n) is 7.44. The van der Waals surface area contributed by atoms with Crippen LogP contribution in [0.15, 0.2) is 0 Å². The molecule has 0 aliphatic heterocycles. The van der Waals surface area contributed by atoms with Crippen LogP contribution in [-0.2, 0) is 4.79 Å². The summed E-state index contributed by atoms with van der Waals surface area (Å²) in [4.78, 5) is 10.7. The van der Waals surface area contributed by atoms with Crippen LogP contribution in [-0.4, -0.2) is 28.3 Å². The van der Waals surface area contributed by atoms with Gasteiger partial charge in [0, 0.05) is 5.41 Å². The normalized spacial score (nSPS) is 45.1. The van der Waals surface area contributed by atoms with E-state index in [2.05, 4.69) is 0 Å². The molecule has 13 heavy (non-hydrogen) atoms. The zero-order chi connectivity index (χ0) is 9.64. The molecular weight excluding hydrogens is 170 g/mol. The van der Waals surface area contributed by atoms with E-state index >= 15 is 0 Å². The standard InChI is InChI=1S/C9H15NO3/c10-7(8(12)13)9-4-5(9)2-1-3-6(9)11/h5-7,11H,1-4,10H2,(H,12,13)/t5-,6+,7-,9?/m0/s1. The lowest BCUT2D eigenvalue weighted by Crippen LogP contribution is -2.48. The summed E-state index contributed by atoms with van der Waals surface area (Å²) < 4.78 is 0. The third-order valence-corrected chi connectivity index (χ3v) is 3.70. The maximum Gasteiger partial charge on any atom is 0.321 e. The second kappa shape index (κ2) is 2.69. The van der Waals surface area contributed by atoms with Crippen LogP contribution < -0.4 is 5.73 Å². The molecule has 2 fully saturated rings.